The SMILES string of the molecule is CN(C)CCCNc1cnnc(NCc2ccc3c(c2)OCO3)n1. The molecule has 0 unspecified atom stereocenters. The van der Waals surface area contributed by atoms with E-state index in [0.29, 0.717) is 12.5 Å². The first-order chi connectivity index (χ1) is 11.7. The maximum Gasteiger partial charge on any atom is 0.244 e. The zero-order chi connectivity index (χ0) is 16.8. The molecule has 0 fully saturated rings. The van der Waals surface area contributed by atoms with Crippen LogP contribution in [0.5, 0.6) is 11.5 Å². The van der Waals surface area contributed by atoms with Crippen molar-refractivity contribution in [3.8, 4) is 11.5 Å². The zero-order valence-electron chi connectivity index (χ0n) is 14.0. The van der Waals surface area contributed by atoms with E-state index in [4.69, 9.17) is 9.47 Å². The lowest BCUT2D eigenvalue weighted by Gasteiger charge is -2.10. The van der Waals surface area contributed by atoms with E-state index in [1.54, 1.807) is 6.20 Å². The molecule has 1 aliphatic heterocycles. The van der Waals surface area contributed by atoms with E-state index in [1.165, 1.54) is 0 Å². The monoisotopic (exact) mass is 330 g/mol. The molecular weight excluding hydrogens is 308 g/mol. The largest absolute Gasteiger partial charge is 0.454 e. The molecule has 0 saturated carbocycles. The van der Waals surface area contributed by atoms with Crippen LogP contribution in [-0.4, -0.2) is 54.1 Å². The van der Waals surface area contributed by atoms with Gasteiger partial charge in [-0.25, -0.2) is 0 Å². The van der Waals surface area contributed by atoms with Crippen LogP contribution < -0.4 is 20.1 Å². The van der Waals surface area contributed by atoms with E-state index < -0.39 is 0 Å². The first-order valence-electron chi connectivity index (χ1n) is 7.91. The molecule has 2 N–H and O–H groups in total. The molecule has 0 radical (unpaired) electrons. The molecule has 2 aromatic rings. The standard InChI is InChI=1S/C16H22N6O2/c1-22(2)7-3-6-17-15-10-19-21-16(20-15)18-9-12-4-5-13-14(8-12)24-11-23-13/h4-5,8,10H,3,6-7,9,11H2,1-2H3,(H2,17,18,20,21). The summed E-state index contributed by atoms with van der Waals surface area (Å²) in [5.74, 6) is 2.76. The van der Waals surface area contributed by atoms with Gasteiger partial charge in [0.2, 0.25) is 12.7 Å². The van der Waals surface area contributed by atoms with Crippen LogP contribution in [0.2, 0.25) is 0 Å². The third kappa shape index (κ3) is 4.45. The summed E-state index contributed by atoms with van der Waals surface area (Å²) in [6.07, 6.45) is 2.67. The van der Waals surface area contributed by atoms with Crippen molar-refractivity contribution in [3.63, 3.8) is 0 Å². The van der Waals surface area contributed by atoms with Crippen molar-refractivity contribution in [3.05, 3.63) is 30.0 Å². The molecule has 8 nitrogen and oxygen atoms in total. The fraction of sp³-hybridized carbons (Fsp3) is 0.438. The second-order valence-electron chi connectivity index (χ2n) is 5.79. The minimum absolute atomic E-state index is 0.279. The van der Waals surface area contributed by atoms with Crippen molar-refractivity contribution >= 4 is 11.8 Å². The second kappa shape index (κ2) is 7.78. The van der Waals surface area contributed by atoms with E-state index in [9.17, 15) is 0 Å². The molecule has 0 bridgehead atoms. The van der Waals surface area contributed by atoms with Crippen LogP contribution in [0, 0.1) is 0 Å². The lowest BCUT2D eigenvalue weighted by molar-refractivity contribution is 0.174. The smallest absolute Gasteiger partial charge is 0.244 e. The minimum Gasteiger partial charge on any atom is -0.454 e. The predicted octanol–water partition coefficient (Wildman–Crippen LogP) is 1.58. The van der Waals surface area contributed by atoms with Gasteiger partial charge >= 0.3 is 0 Å². The summed E-state index contributed by atoms with van der Waals surface area (Å²) in [5.41, 5.74) is 1.06. The van der Waals surface area contributed by atoms with E-state index in [2.05, 4.69) is 44.8 Å². The Morgan fingerprint density at radius 2 is 2.04 bits per heavy atom. The Balaban J connectivity index is 1.51. The molecule has 1 aromatic heterocycles. The van der Waals surface area contributed by atoms with Crippen LogP contribution in [0.25, 0.3) is 0 Å². The molecule has 0 atom stereocenters. The van der Waals surface area contributed by atoms with Crippen LogP contribution >= 0.6 is 0 Å². The Bertz CT molecular complexity index is 679. The average Bonchev–Trinajstić information content (AvgIpc) is 3.05. The summed E-state index contributed by atoms with van der Waals surface area (Å²) >= 11 is 0. The second-order valence-corrected chi connectivity index (χ2v) is 5.79. The fourth-order valence-electron chi connectivity index (χ4n) is 2.31. The molecule has 1 aliphatic rings. The maximum atomic E-state index is 5.37. The number of benzene rings is 1. The van der Waals surface area contributed by atoms with Crippen molar-refractivity contribution in [1.29, 1.82) is 0 Å². The van der Waals surface area contributed by atoms with Gasteiger partial charge in [0, 0.05) is 13.1 Å². The van der Waals surface area contributed by atoms with Gasteiger partial charge in [0.15, 0.2) is 17.3 Å². The van der Waals surface area contributed by atoms with Crippen molar-refractivity contribution in [2.45, 2.75) is 13.0 Å². The number of fused-ring (bicyclic) bond motifs is 1. The van der Waals surface area contributed by atoms with Crippen LogP contribution in [0.15, 0.2) is 24.4 Å². The summed E-state index contributed by atoms with van der Waals surface area (Å²) < 4.78 is 10.7. The molecule has 0 saturated heterocycles. The van der Waals surface area contributed by atoms with Crippen LogP contribution in [-0.2, 0) is 6.54 Å². The van der Waals surface area contributed by atoms with Crippen LogP contribution in [0.4, 0.5) is 11.8 Å². The summed E-state index contributed by atoms with van der Waals surface area (Å²) in [5, 5.41) is 14.4. The van der Waals surface area contributed by atoms with Gasteiger partial charge in [-0.1, -0.05) is 6.07 Å². The number of anilines is 2. The Morgan fingerprint density at radius 3 is 2.92 bits per heavy atom. The van der Waals surface area contributed by atoms with Gasteiger partial charge in [-0.2, -0.15) is 10.1 Å². The number of nitrogens with one attached hydrogen (secondary N) is 2. The van der Waals surface area contributed by atoms with Crippen molar-refractivity contribution in [2.24, 2.45) is 0 Å². The van der Waals surface area contributed by atoms with Crippen molar-refractivity contribution in [2.75, 3.05) is 44.6 Å². The first-order valence-corrected chi connectivity index (χ1v) is 7.91. The third-order valence-electron chi connectivity index (χ3n) is 3.53. The van der Waals surface area contributed by atoms with Gasteiger partial charge in [0.05, 0.1) is 6.20 Å². The quantitative estimate of drug-likeness (QED) is 0.706. The fourth-order valence-corrected chi connectivity index (χ4v) is 2.31. The number of nitrogens with zero attached hydrogens (tertiary/aromatic N) is 4. The molecule has 24 heavy (non-hydrogen) atoms. The molecule has 0 amide bonds. The van der Waals surface area contributed by atoms with E-state index in [-0.39, 0.29) is 6.79 Å². The highest BCUT2D eigenvalue weighted by Gasteiger charge is 2.13. The number of hydrogen-bond acceptors (Lipinski definition) is 8. The topological polar surface area (TPSA) is 84.4 Å². The Morgan fingerprint density at radius 1 is 1.17 bits per heavy atom. The highest BCUT2D eigenvalue weighted by Crippen LogP contribution is 2.32. The average molecular weight is 330 g/mol. The number of rotatable bonds is 8. The normalized spacial score (nSPS) is 12.5. The molecular formula is C16H22N6O2. The summed E-state index contributed by atoms with van der Waals surface area (Å²) in [6.45, 7) is 2.74. The Hall–Kier alpha value is -2.61. The number of aromatic nitrogens is 3. The molecule has 2 heterocycles. The van der Waals surface area contributed by atoms with Gasteiger partial charge in [-0.05, 0) is 44.8 Å². The highest BCUT2D eigenvalue weighted by molar-refractivity contribution is 5.45. The molecule has 128 valence electrons. The van der Waals surface area contributed by atoms with Crippen LogP contribution in [0.3, 0.4) is 0 Å². The van der Waals surface area contributed by atoms with Crippen molar-refractivity contribution in [1.82, 2.24) is 20.1 Å². The molecule has 8 heteroatoms. The Labute approximate surface area is 141 Å². The lowest BCUT2D eigenvalue weighted by atomic mass is 10.2. The van der Waals surface area contributed by atoms with Gasteiger partial charge in [-0.15, -0.1) is 5.10 Å². The number of ether oxygens (including phenoxy) is 2. The molecule has 1 aromatic carbocycles. The third-order valence-corrected chi connectivity index (χ3v) is 3.53. The van der Waals surface area contributed by atoms with Crippen LogP contribution in [0.1, 0.15) is 12.0 Å². The first kappa shape index (κ1) is 16.3. The zero-order valence-corrected chi connectivity index (χ0v) is 14.0. The molecule has 3 rings (SSSR count). The van der Waals surface area contributed by atoms with E-state index in [0.717, 1.165) is 42.4 Å². The molecule has 0 aliphatic carbocycles. The number of hydrogen-bond donors (Lipinski definition) is 2. The van der Waals surface area contributed by atoms with Gasteiger partial charge in [0.1, 0.15) is 0 Å². The van der Waals surface area contributed by atoms with Gasteiger partial charge in [-0.3, -0.25) is 0 Å². The van der Waals surface area contributed by atoms with Crippen molar-refractivity contribution < 1.29 is 9.47 Å². The van der Waals surface area contributed by atoms with Gasteiger partial charge < -0.3 is 25.0 Å². The van der Waals surface area contributed by atoms with Gasteiger partial charge in [0.25, 0.3) is 0 Å². The highest BCUT2D eigenvalue weighted by atomic mass is 16.7. The van der Waals surface area contributed by atoms with E-state index in [1.807, 2.05) is 18.2 Å². The predicted molar refractivity (Wildman–Crippen MR) is 91.4 cm³/mol. The summed E-state index contributed by atoms with van der Waals surface area (Å²) in [6, 6.07) is 5.84. The van der Waals surface area contributed by atoms with E-state index >= 15 is 0 Å². The minimum atomic E-state index is 0.279. The summed E-state index contributed by atoms with van der Waals surface area (Å²) in [7, 11) is 4.12. The maximum absolute atomic E-state index is 5.37. The lowest BCUT2D eigenvalue weighted by Crippen LogP contribution is -2.17. The summed E-state index contributed by atoms with van der Waals surface area (Å²) in [4.78, 5) is 6.56. The Kier molecular flexibility index (Phi) is 5.27. The molecule has 0 spiro atoms.